The summed E-state index contributed by atoms with van der Waals surface area (Å²) in [4.78, 5) is 0. The molecular weight excluding hydrogens is 145 g/mol. The van der Waals surface area contributed by atoms with E-state index in [1.165, 1.54) is 12.8 Å². The Labute approximate surface area is 64.9 Å². The molecule has 1 rings (SSSR count). The maximum absolute atomic E-state index is 5.36. The van der Waals surface area contributed by atoms with Gasteiger partial charge in [0.25, 0.3) is 0 Å². The molecule has 0 amide bonds. The van der Waals surface area contributed by atoms with Crippen LogP contribution in [0.3, 0.4) is 0 Å². The lowest BCUT2D eigenvalue weighted by Crippen LogP contribution is -2.32. The third-order valence-corrected chi connectivity index (χ3v) is 3.24. The molecule has 1 saturated heterocycles. The first-order chi connectivity index (χ1) is 4.88. The summed E-state index contributed by atoms with van der Waals surface area (Å²) in [5, 5.41) is 0. The topological polar surface area (TPSA) is 12.5 Å². The SMILES string of the molecule is CCC1CCOPN1CC. The summed E-state index contributed by atoms with van der Waals surface area (Å²) in [5.41, 5.74) is 0. The highest BCUT2D eigenvalue weighted by molar-refractivity contribution is 7.29. The molecule has 1 fully saturated rings. The number of rotatable bonds is 2. The fraction of sp³-hybridized carbons (Fsp3) is 1.00. The van der Waals surface area contributed by atoms with E-state index in [0.717, 1.165) is 19.2 Å². The zero-order valence-corrected chi connectivity index (χ0v) is 7.76. The van der Waals surface area contributed by atoms with Crippen LogP contribution >= 0.6 is 8.96 Å². The van der Waals surface area contributed by atoms with Gasteiger partial charge < -0.3 is 4.52 Å². The Balaban J connectivity index is 2.34. The van der Waals surface area contributed by atoms with Crippen LogP contribution in [0.25, 0.3) is 0 Å². The predicted molar refractivity (Wildman–Crippen MR) is 45.3 cm³/mol. The molecule has 0 N–H and O–H groups in total. The number of hydrogen-bond acceptors (Lipinski definition) is 2. The fourth-order valence-electron chi connectivity index (χ4n) is 1.30. The van der Waals surface area contributed by atoms with Gasteiger partial charge in [-0.3, -0.25) is 4.67 Å². The van der Waals surface area contributed by atoms with E-state index in [9.17, 15) is 0 Å². The summed E-state index contributed by atoms with van der Waals surface area (Å²) in [6, 6.07) is 0.789. The molecule has 0 aromatic carbocycles. The first-order valence-corrected chi connectivity index (χ1v) is 4.88. The van der Waals surface area contributed by atoms with Crippen LogP contribution in [0.15, 0.2) is 0 Å². The predicted octanol–water partition coefficient (Wildman–Crippen LogP) is 2.02. The van der Waals surface area contributed by atoms with Crippen molar-refractivity contribution in [2.24, 2.45) is 0 Å². The lowest BCUT2D eigenvalue weighted by Gasteiger charge is -2.33. The van der Waals surface area contributed by atoms with Gasteiger partial charge in [0, 0.05) is 12.6 Å². The van der Waals surface area contributed by atoms with Crippen molar-refractivity contribution in [3.8, 4) is 0 Å². The molecule has 0 saturated carbocycles. The quantitative estimate of drug-likeness (QED) is 0.574. The van der Waals surface area contributed by atoms with Crippen LogP contribution in [0.5, 0.6) is 0 Å². The highest BCUT2D eigenvalue weighted by Crippen LogP contribution is 2.30. The monoisotopic (exact) mass is 161 g/mol. The van der Waals surface area contributed by atoms with Gasteiger partial charge in [-0.05, 0) is 12.8 Å². The number of nitrogens with zero attached hydrogens (tertiary/aromatic N) is 1. The van der Waals surface area contributed by atoms with Crippen molar-refractivity contribution in [1.82, 2.24) is 4.67 Å². The summed E-state index contributed by atoms with van der Waals surface area (Å²) >= 11 is 0. The Bertz CT molecular complexity index is 87.6. The first-order valence-electron chi connectivity index (χ1n) is 4.02. The van der Waals surface area contributed by atoms with Crippen LogP contribution in [-0.2, 0) is 4.52 Å². The van der Waals surface area contributed by atoms with Gasteiger partial charge in [0.1, 0.15) is 0 Å². The second-order valence-corrected chi connectivity index (χ2v) is 3.62. The Morgan fingerprint density at radius 3 is 2.90 bits per heavy atom. The first kappa shape index (κ1) is 8.45. The van der Waals surface area contributed by atoms with Gasteiger partial charge in [-0.15, -0.1) is 0 Å². The summed E-state index contributed by atoms with van der Waals surface area (Å²) < 4.78 is 7.78. The van der Waals surface area contributed by atoms with Crippen molar-refractivity contribution in [2.45, 2.75) is 32.7 Å². The van der Waals surface area contributed by atoms with Crippen molar-refractivity contribution in [3.05, 3.63) is 0 Å². The second-order valence-electron chi connectivity index (χ2n) is 2.58. The highest BCUT2D eigenvalue weighted by atomic mass is 31.1. The third-order valence-electron chi connectivity index (χ3n) is 1.99. The van der Waals surface area contributed by atoms with Gasteiger partial charge in [-0.2, -0.15) is 0 Å². The normalized spacial score (nSPS) is 31.2. The van der Waals surface area contributed by atoms with Crippen molar-refractivity contribution in [1.29, 1.82) is 0 Å². The molecule has 2 atom stereocenters. The Kier molecular flexibility index (Phi) is 3.61. The van der Waals surface area contributed by atoms with Crippen molar-refractivity contribution in [2.75, 3.05) is 13.2 Å². The maximum Gasteiger partial charge on any atom is 0.0891 e. The van der Waals surface area contributed by atoms with Gasteiger partial charge >= 0.3 is 0 Å². The molecule has 1 aliphatic rings. The molecule has 10 heavy (non-hydrogen) atoms. The Hall–Kier alpha value is 0.350. The molecule has 1 aliphatic heterocycles. The van der Waals surface area contributed by atoms with Crippen LogP contribution in [0, 0.1) is 0 Å². The fourth-order valence-corrected chi connectivity index (χ4v) is 2.27. The standard InChI is InChI=1S/C7H16NOP/c1-3-7-5-6-9-10-8(7)4-2/h7,10H,3-6H2,1-2H3. The molecule has 2 nitrogen and oxygen atoms in total. The molecule has 0 aromatic rings. The molecule has 0 radical (unpaired) electrons. The molecule has 1 heterocycles. The van der Waals surface area contributed by atoms with E-state index in [4.69, 9.17) is 4.52 Å². The van der Waals surface area contributed by atoms with Crippen molar-refractivity contribution in [3.63, 3.8) is 0 Å². The van der Waals surface area contributed by atoms with E-state index >= 15 is 0 Å². The van der Waals surface area contributed by atoms with Gasteiger partial charge in [0.2, 0.25) is 0 Å². The van der Waals surface area contributed by atoms with E-state index in [-0.39, 0.29) is 0 Å². The van der Waals surface area contributed by atoms with Gasteiger partial charge in [0.15, 0.2) is 0 Å². The van der Waals surface area contributed by atoms with Crippen LogP contribution in [-0.4, -0.2) is 23.9 Å². The van der Waals surface area contributed by atoms with E-state index in [2.05, 4.69) is 18.5 Å². The largest absolute Gasteiger partial charge is 0.346 e. The minimum Gasteiger partial charge on any atom is -0.346 e. The van der Waals surface area contributed by atoms with Crippen LogP contribution in [0.4, 0.5) is 0 Å². The average Bonchev–Trinajstić information content (AvgIpc) is 2.04. The molecule has 0 aliphatic carbocycles. The van der Waals surface area contributed by atoms with Crippen LogP contribution in [0.1, 0.15) is 26.7 Å². The molecule has 0 aromatic heterocycles. The molecule has 2 unspecified atom stereocenters. The lowest BCUT2D eigenvalue weighted by atomic mass is 10.1. The zero-order chi connectivity index (χ0) is 7.40. The molecule has 3 heteroatoms. The van der Waals surface area contributed by atoms with Crippen molar-refractivity contribution >= 4 is 8.96 Å². The third kappa shape index (κ3) is 1.91. The lowest BCUT2D eigenvalue weighted by molar-refractivity contribution is 0.198. The van der Waals surface area contributed by atoms with E-state index in [1.54, 1.807) is 0 Å². The smallest absolute Gasteiger partial charge is 0.0891 e. The molecule has 0 spiro atoms. The molecular formula is C7H16NOP. The summed E-state index contributed by atoms with van der Waals surface area (Å²) in [7, 11) is 0.613. The van der Waals surface area contributed by atoms with E-state index in [0.29, 0.717) is 8.96 Å². The average molecular weight is 161 g/mol. The minimum atomic E-state index is 0.613. The van der Waals surface area contributed by atoms with Crippen molar-refractivity contribution < 1.29 is 4.52 Å². The molecule has 0 bridgehead atoms. The van der Waals surface area contributed by atoms with Crippen LogP contribution in [0.2, 0.25) is 0 Å². The maximum atomic E-state index is 5.36. The minimum absolute atomic E-state index is 0.613. The number of hydrogen-bond donors (Lipinski definition) is 0. The summed E-state index contributed by atoms with van der Waals surface area (Å²) in [6.07, 6.45) is 2.49. The molecule has 60 valence electrons. The highest BCUT2D eigenvalue weighted by Gasteiger charge is 2.19. The van der Waals surface area contributed by atoms with Gasteiger partial charge in [-0.25, -0.2) is 0 Å². The second kappa shape index (κ2) is 4.27. The van der Waals surface area contributed by atoms with E-state index in [1.807, 2.05) is 0 Å². The van der Waals surface area contributed by atoms with Gasteiger partial charge in [-0.1, -0.05) is 13.8 Å². The Morgan fingerprint density at radius 1 is 1.60 bits per heavy atom. The van der Waals surface area contributed by atoms with Gasteiger partial charge in [0.05, 0.1) is 15.6 Å². The zero-order valence-electron chi connectivity index (χ0n) is 6.76. The van der Waals surface area contributed by atoms with E-state index < -0.39 is 0 Å². The van der Waals surface area contributed by atoms with Crippen LogP contribution < -0.4 is 0 Å². The Morgan fingerprint density at radius 2 is 2.40 bits per heavy atom. The summed E-state index contributed by atoms with van der Waals surface area (Å²) in [6.45, 7) is 6.55. The summed E-state index contributed by atoms with van der Waals surface area (Å²) in [5.74, 6) is 0.